The standard InChI is InChI=1S/C44H43N4/c1-25(2)34-13-9-14-35(26(3)4)40(34)47-42-44-46(22-21-45-42)28(7)37-16-10-15-36(27(5)6)41(37)48(44)43(47)33-23-31-19-17-29-11-8-12-30-18-20-32(24-33)39(31)38(29)30/h8-28,43H,1-7H3/q+1. The van der Waals surface area contributed by atoms with Crippen molar-refractivity contribution < 1.29 is 4.57 Å². The first-order valence-electron chi connectivity index (χ1n) is 17.7. The molecule has 0 radical (unpaired) electrons. The molecule has 4 heteroatoms. The van der Waals surface area contributed by atoms with Crippen LogP contribution in [-0.4, -0.2) is 4.98 Å². The van der Waals surface area contributed by atoms with E-state index in [9.17, 15) is 0 Å². The van der Waals surface area contributed by atoms with Gasteiger partial charge in [-0.1, -0.05) is 120 Å². The molecular weight excluding hydrogens is 585 g/mol. The molecule has 2 aliphatic rings. The second kappa shape index (κ2) is 10.5. The predicted octanol–water partition coefficient (Wildman–Crippen LogP) is 11.5. The number of anilines is 4. The van der Waals surface area contributed by atoms with E-state index < -0.39 is 0 Å². The molecule has 3 heterocycles. The Morgan fingerprint density at radius 2 is 1.12 bits per heavy atom. The lowest BCUT2D eigenvalue weighted by Gasteiger charge is -2.35. The van der Waals surface area contributed by atoms with Gasteiger partial charge in [0.05, 0.1) is 11.9 Å². The second-order valence-electron chi connectivity index (χ2n) is 14.9. The largest absolute Gasteiger partial charge is 0.328 e. The van der Waals surface area contributed by atoms with Crippen molar-refractivity contribution in [2.45, 2.75) is 78.4 Å². The van der Waals surface area contributed by atoms with Gasteiger partial charge in [-0.2, -0.15) is 4.90 Å². The molecule has 0 bridgehead atoms. The van der Waals surface area contributed by atoms with Crippen molar-refractivity contribution in [2.75, 3.05) is 9.80 Å². The average Bonchev–Trinajstić information content (AvgIpc) is 3.44. The fraction of sp³-hybridized carbons (Fsp3) is 0.273. The summed E-state index contributed by atoms with van der Waals surface area (Å²) in [5.41, 5.74) is 9.37. The van der Waals surface area contributed by atoms with E-state index in [-0.39, 0.29) is 12.2 Å². The number of rotatable bonds is 5. The highest BCUT2D eigenvalue weighted by Gasteiger charge is 2.54. The maximum atomic E-state index is 5.27. The maximum Gasteiger partial charge on any atom is 0.328 e. The number of fused-ring (bicyclic) bond motifs is 2. The molecule has 9 rings (SSSR count). The summed E-state index contributed by atoms with van der Waals surface area (Å²) in [7, 11) is 0. The number of benzene rings is 6. The number of para-hydroxylation sites is 2. The van der Waals surface area contributed by atoms with Gasteiger partial charge >= 0.3 is 5.82 Å². The quantitative estimate of drug-likeness (QED) is 0.140. The highest BCUT2D eigenvalue weighted by Crippen LogP contribution is 2.58. The van der Waals surface area contributed by atoms with E-state index in [0.29, 0.717) is 17.8 Å². The number of hydrogen-bond acceptors (Lipinski definition) is 3. The van der Waals surface area contributed by atoms with Crippen LogP contribution in [0, 0.1) is 0 Å². The van der Waals surface area contributed by atoms with Crippen LogP contribution in [0.2, 0.25) is 0 Å². The topological polar surface area (TPSA) is 23.2 Å². The van der Waals surface area contributed by atoms with Crippen LogP contribution in [0.15, 0.2) is 103 Å². The Hall–Kier alpha value is -4.96. The van der Waals surface area contributed by atoms with E-state index in [1.807, 2.05) is 6.20 Å². The van der Waals surface area contributed by atoms with E-state index >= 15 is 0 Å². The first-order chi connectivity index (χ1) is 23.2. The molecular formula is C44H43N4+. The summed E-state index contributed by atoms with van der Waals surface area (Å²) in [5.74, 6) is 3.27. The van der Waals surface area contributed by atoms with Crippen LogP contribution in [-0.2, 0) is 0 Å². The highest BCUT2D eigenvalue weighted by molar-refractivity contribution is 6.23. The molecule has 0 amide bonds. The molecule has 0 spiro atoms. The van der Waals surface area contributed by atoms with Gasteiger partial charge in [0.1, 0.15) is 17.9 Å². The van der Waals surface area contributed by atoms with Crippen LogP contribution in [0.3, 0.4) is 0 Å². The monoisotopic (exact) mass is 627 g/mol. The molecule has 0 saturated heterocycles. The van der Waals surface area contributed by atoms with Gasteiger partial charge in [-0.25, -0.2) is 9.55 Å². The molecule has 1 aromatic heterocycles. The molecule has 0 aliphatic carbocycles. The van der Waals surface area contributed by atoms with Gasteiger partial charge < -0.3 is 0 Å². The van der Waals surface area contributed by atoms with E-state index in [1.54, 1.807) is 0 Å². The van der Waals surface area contributed by atoms with Gasteiger partial charge in [0.15, 0.2) is 0 Å². The molecule has 0 fully saturated rings. The van der Waals surface area contributed by atoms with Crippen molar-refractivity contribution >= 4 is 55.3 Å². The molecule has 238 valence electrons. The molecule has 2 unspecified atom stereocenters. The molecule has 48 heavy (non-hydrogen) atoms. The first kappa shape index (κ1) is 29.2. The Kier molecular flexibility index (Phi) is 6.40. The molecule has 4 nitrogen and oxygen atoms in total. The van der Waals surface area contributed by atoms with Crippen LogP contribution >= 0.6 is 0 Å². The van der Waals surface area contributed by atoms with Gasteiger partial charge in [0.2, 0.25) is 12.0 Å². The van der Waals surface area contributed by atoms with Crippen molar-refractivity contribution in [3.8, 4) is 0 Å². The first-order valence-corrected chi connectivity index (χ1v) is 17.7. The summed E-state index contributed by atoms with van der Waals surface area (Å²) in [5, 5.41) is 7.88. The van der Waals surface area contributed by atoms with Gasteiger partial charge in [-0.15, -0.1) is 0 Å². The lowest BCUT2D eigenvalue weighted by Crippen LogP contribution is -2.47. The lowest BCUT2D eigenvalue weighted by atomic mass is 9.89. The van der Waals surface area contributed by atoms with Crippen molar-refractivity contribution in [3.63, 3.8) is 0 Å². The summed E-state index contributed by atoms with van der Waals surface area (Å²) in [4.78, 5) is 10.5. The van der Waals surface area contributed by atoms with Gasteiger partial charge in [0, 0.05) is 16.7 Å². The summed E-state index contributed by atoms with van der Waals surface area (Å²) in [6.45, 7) is 16.3. The molecule has 7 aromatic rings. The Balaban J connectivity index is 1.42. The van der Waals surface area contributed by atoms with Crippen LogP contribution < -0.4 is 14.4 Å². The van der Waals surface area contributed by atoms with Crippen molar-refractivity contribution in [1.29, 1.82) is 0 Å². The lowest BCUT2D eigenvalue weighted by molar-refractivity contribution is -0.699. The maximum absolute atomic E-state index is 5.27. The molecule has 0 saturated carbocycles. The van der Waals surface area contributed by atoms with E-state index in [4.69, 9.17) is 4.98 Å². The Morgan fingerprint density at radius 1 is 0.604 bits per heavy atom. The molecule has 0 N–H and O–H groups in total. The summed E-state index contributed by atoms with van der Waals surface area (Å²) in [6.07, 6.45) is 4.06. The van der Waals surface area contributed by atoms with Gasteiger partial charge in [0.25, 0.3) is 0 Å². The van der Waals surface area contributed by atoms with Crippen LogP contribution in [0.1, 0.15) is 106 Å². The predicted molar refractivity (Wildman–Crippen MR) is 201 cm³/mol. The highest BCUT2D eigenvalue weighted by atomic mass is 15.5. The van der Waals surface area contributed by atoms with E-state index in [0.717, 1.165) is 5.82 Å². The van der Waals surface area contributed by atoms with Crippen molar-refractivity contribution in [1.82, 2.24) is 4.98 Å². The third-order valence-electron chi connectivity index (χ3n) is 11.0. The Morgan fingerprint density at radius 3 is 1.73 bits per heavy atom. The third-order valence-corrected chi connectivity index (χ3v) is 11.0. The smallest absolute Gasteiger partial charge is 0.275 e. The minimum Gasteiger partial charge on any atom is -0.275 e. The van der Waals surface area contributed by atoms with Crippen LogP contribution in [0.25, 0.3) is 32.3 Å². The minimum atomic E-state index is -0.133. The second-order valence-corrected chi connectivity index (χ2v) is 14.9. The van der Waals surface area contributed by atoms with Crippen LogP contribution in [0.4, 0.5) is 23.0 Å². The number of nitrogens with zero attached hydrogens (tertiary/aromatic N) is 4. The SMILES string of the molecule is CC(C)c1cccc(C(C)C)c1N1c2ncc[n+]3c2N(c2c(C(C)C)cccc2C3C)C1c1cc2ccc3cccc4ccc(c1)c2c34. The zero-order chi connectivity index (χ0) is 33.0. The summed E-state index contributed by atoms with van der Waals surface area (Å²) in [6, 6.07) is 34.8. The summed E-state index contributed by atoms with van der Waals surface area (Å²) >= 11 is 0. The van der Waals surface area contributed by atoms with Crippen molar-refractivity contribution in [3.05, 3.63) is 131 Å². The number of aromatic nitrogens is 2. The van der Waals surface area contributed by atoms with E-state index in [1.165, 1.54) is 77.3 Å². The minimum absolute atomic E-state index is 0.133. The average molecular weight is 628 g/mol. The zero-order valence-corrected chi connectivity index (χ0v) is 29.0. The fourth-order valence-corrected chi connectivity index (χ4v) is 8.76. The van der Waals surface area contributed by atoms with Crippen molar-refractivity contribution in [2.24, 2.45) is 0 Å². The normalized spacial score (nSPS) is 17.1. The third kappa shape index (κ3) is 3.95. The Labute approximate surface area is 283 Å². The zero-order valence-electron chi connectivity index (χ0n) is 29.0. The molecule has 2 atom stereocenters. The van der Waals surface area contributed by atoms with Gasteiger partial charge in [-0.3, -0.25) is 4.90 Å². The summed E-state index contributed by atoms with van der Waals surface area (Å²) < 4.78 is 2.46. The van der Waals surface area contributed by atoms with Crippen LogP contribution in [0.5, 0.6) is 0 Å². The van der Waals surface area contributed by atoms with E-state index in [2.05, 4.69) is 160 Å². The molecule has 2 aliphatic heterocycles. The van der Waals surface area contributed by atoms with Gasteiger partial charge in [-0.05, 0) is 80.3 Å². The molecule has 6 aromatic carbocycles. The number of hydrogen-bond donors (Lipinski definition) is 0. The Bertz CT molecular complexity index is 2300. The fourth-order valence-electron chi connectivity index (χ4n) is 8.76.